The summed E-state index contributed by atoms with van der Waals surface area (Å²) in [6.45, 7) is 3.15. The lowest BCUT2D eigenvalue weighted by Gasteiger charge is -2.37. The zero-order valence-electron chi connectivity index (χ0n) is 21.3. The van der Waals surface area contributed by atoms with E-state index in [9.17, 15) is 23.2 Å². The van der Waals surface area contributed by atoms with E-state index in [4.69, 9.17) is 10.5 Å². The molecule has 38 heavy (non-hydrogen) atoms. The Hall–Kier alpha value is -3.58. The fourth-order valence-corrected chi connectivity index (χ4v) is 5.59. The number of primary amides is 1. The molecule has 1 aromatic heterocycles. The maximum atomic E-state index is 12.6. The molecule has 0 saturated carbocycles. The Labute approximate surface area is 221 Å². The summed E-state index contributed by atoms with van der Waals surface area (Å²) in [4.78, 5) is 31.1. The number of carbonyl (C=O) groups excluding carboxylic acids is 2. The van der Waals surface area contributed by atoms with Gasteiger partial charge in [0.2, 0.25) is 15.9 Å². The molecule has 1 aliphatic rings. The molecule has 2 heterocycles. The van der Waals surface area contributed by atoms with Gasteiger partial charge in [0.15, 0.2) is 0 Å². The number of aromatic nitrogens is 1. The van der Waals surface area contributed by atoms with Gasteiger partial charge in [0.25, 0.3) is 5.91 Å². The van der Waals surface area contributed by atoms with Crippen molar-refractivity contribution in [2.24, 2.45) is 5.73 Å². The topological polar surface area (TPSA) is 155 Å². The third kappa shape index (κ3) is 6.27. The van der Waals surface area contributed by atoms with E-state index in [2.05, 4.69) is 4.98 Å². The van der Waals surface area contributed by atoms with Crippen molar-refractivity contribution in [2.45, 2.75) is 26.0 Å². The number of para-hydroxylation sites is 1. The number of sulfonamides is 1. The lowest BCUT2D eigenvalue weighted by atomic mass is 9.97. The molecule has 0 aliphatic carbocycles. The van der Waals surface area contributed by atoms with Crippen LogP contribution in [-0.4, -0.2) is 78.1 Å². The van der Waals surface area contributed by atoms with E-state index in [-0.39, 0.29) is 44.8 Å². The first-order valence-corrected chi connectivity index (χ1v) is 14.0. The number of ether oxygens (including phenoxy) is 1. The van der Waals surface area contributed by atoms with Crippen molar-refractivity contribution in [2.75, 3.05) is 32.4 Å². The number of hydrogen-bond acceptors (Lipinski definition) is 8. The van der Waals surface area contributed by atoms with E-state index in [1.165, 1.54) is 4.31 Å². The maximum absolute atomic E-state index is 12.6. The summed E-state index contributed by atoms with van der Waals surface area (Å²) in [7, 11) is -3.35. The second kappa shape index (κ2) is 11.4. The molecule has 2 amide bonds. The van der Waals surface area contributed by atoms with Crippen LogP contribution >= 0.6 is 0 Å². The molecule has 1 saturated heterocycles. The van der Waals surface area contributed by atoms with Gasteiger partial charge < -0.3 is 10.5 Å². The van der Waals surface area contributed by atoms with E-state index in [0.717, 1.165) is 28.4 Å². The first kappa shape index (κ1) is 27.5. The highest BCUT2D eigenvalue weighted by Crippen LogP contribution is 2.25. The first-order chi connectivity index (χ1) is 18.1. The second-order valence-corrected chi connectivity index (χ2v) is 11.3. The Kier molecular flexibility index (Phi) is 8.26. The summed E-state index contributed by atoms with van der Waals surface area (Å²) in [5.41, 5.74) is 10.7. The molecule has 1 aliphatic heterocycles. The SMILES string of the molecule is Cc1cc(COc2ccc(C(N)=O)c(C[C@@H](C(=O)NO)N3CCN(S(C)(=O)=O)CC3)c2)c2ccccc2n1. The molecular formula is C26H31N5O6S. The average molecular weight is 542 g/mol. The van der Waals surface area contributed by atoms with E-state index in [1.807, 2.05) is 37.3 Å². The number of pyridine rings is 1. The number of nitrogens with two attached hydrogens (primary N) is 1. The maximum Gasteiger partial charge on any atom is 0.261 e. The van der Waals surface area contributed by atoms with Crippen molar-refractivity contribution in [3.8, 4) is 5.75 Å². The number of nitrogens with zero attached hydrogens (tertiary/aromatic N) is 3. The van der Waals surface area contributed by atoms with Crippen LogP contribution in [0.25, 0.3) is 10.9 Å². The number of amides is 2. The summed E-state index contributed by atoms with van der Waals surface area (Å²) >= 11 is 0. The number of aryl methyl sites for hydroxylation is 1. The molecule has 202 valence electrons. The Morgan fingerprint density at radius 2 is 1.82 bits per heavy atom. The van der Waals surface area contributed by atoms with Crippen molar-refractivity contribution < 1.29 is 28.0 Å². The van der Waals surface area contributed by atoms with Gasteiger partial charge in [-0.25, -0.2) is 13.9 Å². The number of piperazine rings is 1. The van der Waals surface area contributed by atoms with Crippen LogP contribution in [0.2, 0.25) is 0 Å². The van der Waals surface area contributed by atoms with Gasteiger partial charge in [-0.05, 0) is 49.2 Å². The van der Waals surface area contributed by atoms with Crippen LogP contribution in [0.4, 0.5) is 0 Å². The van der Waals surface area contributed by atoms with Gasteiger partial charge in [0.05, 0.1) is 17.8 Å². The zero-order chi connectivity index (χ0) is 27.4. The highest BCUT2D eigenvalue weighted by Gasteiger charge is 2.32. The molecule has 12 heteroatoms. The normalized spacial score (nSPS) is 15.8. The summed E-state index contributed by atoms with van der Waals surface area (Å²) in [6.07, 6.45) is 1.19. The molecule has 0 unspecified atom stereocenters. The molecular weight excluding hydrogens is 510 g/mol. The predicted octanol–water partition coefficient (Wildman–Crippen LogP) is 1.21. The summed E-state index contributed by atoms with van der Waals surface area (Å²) in [6, 6.07) is 13.7. The lowest BCUT2D eigenvalue weighted by Crippen LogP contribution is -2.56. The Balaban J connectivity index is 1.57. The largest absolute Gasteiger partial charge is 0.489 e. The molecule has 1 atom stereocenters. The summed E-state index contributed by atoms with van der Waals surface area (Å²) < 4.78 is 31.2. The third-order valence-electron chi connectivity index (χ3n) is 6.68. The van der Waals surface area contributed by atoms with Gasteiger partial charge in [-0.15, -0.1) is 0 Å². The molecule has 11 nitrogen and oxygen atoms in total. The van der Waals surface area contributed by atoms with Crippen molar-refractivity contribution in [3.63, 3.8) is 0 Å². The summed E-state index contributed by atoms with van der Waals surface area (Å²) in [5.74, 6) is -0.848. The standard InChI is InChI=1S/C26H31N5O6S/c1-17-13-19(21-5-3-4-6-23(21)28-17)16-37-20-7-8-22(25(27)32)18(14-20)15-24(26(33)29-34)30-9-11-31(12-10-30)38(2,35)36/h3-8,13-14,24,34H,9-12,15-16H2,1-2H3,(H2,27,32)(H,29,33)/t24-/m0/s1. The number of rotatable bonds is 9. The Bertz CT molecular complexity index is 1450. The summed E-state index contributed by atoms with van der Waals surface area (Å²) in [5, 5.41) is 10.4. The van der Waals surface area contributed by atoms with E-state index < -0.39 is 27.9 Å². The fourth-order valence-electron chi connectivity index (χ4n) is 4.76. The van der Waals surface area contributed by atoms with Gasteiger partial charge in [0, 0.05) is 48.4 Å². The van der Waals surface area contributed by atoms with Crippen LogP contribution in [0.3, 0.4) is 0 Å². The molecule has 4 rings (SSSR count). The monoisotopic (exact) mass is 541 g/mol. The highest BCUT2D eigenvalue weighted by atomic mass is 32.2. The van der Waals surface area contributed by atoms with Crippen molar-refractivity contribution in [1.29, 1.82) is 0 Å². The van der Waals surface area contributed by atoms with E-state index >= 15 is 0 Å². The van der Waals surface area contributed by atoms with Crippen LogP contribution in [-0.2, 0) is 27.8 Å². The molecule has 0 spiro atoms. The van der Waals surface area contributed by atoms with Gasteiger partial charge in [-0.3, -0.25) is 24.7 Å². The highest BCUT2D eigenvalue weighted by molar-refractivity contribution is 7.88. The van der Waals surface area contributed by atoms with Crippen LogP contribution in [0.5, 0.6) is 5.75 Å². The van der Waals surface area contributed by atoms with E-state index in [1.54, 1.807) is 28.6 Å². The number of fused-ring (bicyclic) bond motifs is 1. The van der Waals surface area contributed by atoms with E-state index in [0.29, 0.717) is 11.3 Å². The fraction of sp³-hybridized carbons (Fsp3) is 0.346. The van der Waals surface area contributed by atoms with Gasteiger partial charge >= 0.3 is 0 Å². The average Bonchev–Trinajstić information content (AvgIpc) is 2.89. The van der Waals surface area contributed by atoms with Crippen molar-refractivity contribution >= 4 is 32.7 Å². The Morgan fingerprint density at radius 1 is 1.11 bits per heavy atom. The van der Waals surface area contributed by atoms with Crippen molar-refractivity contribution in [3.05, 3.63) is 70.9 Å². The number of hydrogen-bond donors (Lipinski definition) is 3. The number of hydroxylamine groups is 1. The molecule has 1 fully saturated rings. The van der Waals surface area contributed by atoms with Crippen LogP contribution in [0.15, 0.2) is 48.5 Å². The van der Waals surface area contributed by atoms with Crippen LogP contribution < -0.4 is 16.0 Å². The number of benzene rings is 2. The van der Waals surface area contributed by atoms with Gasteiger partial charge in [0.1, 0.15) is 12.4 Å². The minimum atomic E-state index is -3.35. The molecule has 0 radical (unpaired) electrons. The molecule has 3 aromatic rings. The zero-order valence-corrected chi connectivity index (χ0v) is 22.1. The quantitative estimate of drug-likeness (QED) is 0.270. The Morgan fingerprint density at radius 3 is 2.47 bits per heavy atom. The predicted molar refractivity (Wildman–Crippen MR) is 141 cm³/mol. The third-order valence-corrected chi connectivity index (χ3v) is 7.98. The number of carbonyl (C=O) groups is 2. The minimum absolute atomic E-state index is 0.0536. The van der Waals surface area contributed by atoms with Crippen molar-refractivity contribution in [1.82, 2.24) is 19.7 Å². The number of nitrogens with one attached hydrogen (secondary N) is 1. The van der Waals surface area contributed by atoms with Crippen LogP contribution in [0, 0.1) is 6.92 Å². The lowest BCUT2D eigenvalue weighted by molar-refractivity contribution is -0.135. The second-order valence-electron chi connectivity index (χ2n) is 9.31. The molecule has 0 bridgehead atoms. The molecule has 2 aromatic carbocycles. The van der Waals surface area contributed by atoms with Gasteiger partial charge in [-0.1, -0.05) is 18.2 Å². The first-order valence-electron chi connectivity index (χ1n) is 12.1. The minimum Gasteiger partial charge on any atom is -0.489 e. The van der Waals surface area contributed by atoms with Crippen LogP contribution in [0.1, 0.15) is 27.2 Å². The smallest absolute Gasteiger partial charge is 0.261 e. The van der Waals surface area contributed by atoms with Gasteiger partial charge in [-0.2, -0.15) is 4.31 Å². The molecule has 4 N–H and O–H groups in total.